The molecule has 1 heterocycles. The number of nitrogens with zero attached hydrogens (tertiary/aromatic N) is 1. The van der Waals surface area contributed by atoms with Crippen LogP contribution in [0.1, 0.15) is 0 Å². The Morgan fingerprint density at radius 1 is 1.05 bits per heavy atom. The van der Waals surface area contributed by atoms with Crippen molar-refractivity contribution in [3.63, 3.8) is 0 Å². The quantitative estimate of drug-likeness (QED) is 0.832. The van der Waals surface area contributed by atoms with Crippen LogP contribution in [0.3, 0.4) is 0 Å². The van der Waals surface area contributed by atoms with Crippen molar-refractivity contribution in [3.05, 3.63) is 48.8 Å². The summed E-state index contributed by atoms with van der Waals surface area (Å²) in [5.74, 6) is -1.07. The molecule has 2 amide bonds. The Bertz CT molecular complexity index is 614. The molecule has 0 aliphatic carbocycles. The van der Waals surface area contributed by atoms with Crippen LogP contribution < -0.4 is 15.4 Å². The highest BCUT2D eigenvalue weighted by Gasteiger charge is 2.15. The van der Waals surface area contributed by atoms with Gasteiger partial charge in [-0.05, 0) is 24.3 Å². The number of pyridine rings is 1. The van der Waals surface area contributed by atoms with E-state index in [1.54, 1.807) is 42.6 Å². The molecule has 2 aromatic rings. The van der Waals surface area contributed by atoms with Gasteiger partial charge in [0.25, 0.3) is 0 Å². The van der Waals surface area contributed by atoms with Crippen molar-refractivity contribution in [2.75, 3.05) is 17.7 Å². The first-order valence-corrected chi connectivity index (χ1v) is 5.86. The van der Waals surface area contributed by atoms with Crippen LogP contribution in [-0.4, -0.2) is 23.9 Å². The molecule has 0 fully saturated rings. The van der Waals surface area contributed by atoms with Crippen LogP contribution in [-0.2, 0) is 9.59 Å². The molecule has 0 bridgehead atoms. The Balaban J connectivity index is 2.03. The minimum atomic E-state index is -0.779. The Morgan fingerprint density at radius 2 is 1.80 bits per heavy atom. The number of carbonyl (C=O) groups excluding carboxylic acids is 2. The zero-order valence-corrected chi connectivity index (χ0v) is 10.8. The van der Waals surface area contributed by atoms with Gasteiger partial charge in [0.05, 0.1) is 24.7 Å². The largest absolute Gasteiger partial charge is 0.495 e. The summed E-state index contributed by atoms with van der Waals surface area (Å²) in [6, 6.07) is 10.1. The number of rotatable bonds is 3. The third kappa shape index (κ3) is 3.32. The van der Waals surface area contributed by atoms with Crippen LogP contribution in [0.5, 0.6) is 5.75 Å². The molecule has 1 aromatic carbocycles. The number of aromatic nitrogens is 1. The monoisotopic (exact) mass is 271 g/mol. The Hall–Kier alpha value is -2.89. The molecule has 2 rings (SSSR count). The van der Waals surface area contributed by atoms with Gasteiger partial charge in [-0.1, -0.05) is 12.1 Å². The fourth-order valence-electron chi connectivity index (χ4n) is 1.55. The van der Waals surface area contributed by atoms with E-state index in [9.17, 15) is 9.59 Å². The number of hydrogen-bond donors (Lipinski definition) is 2. The normalized spacial score (nSPS) is 9.65. The molecular formula is C14H13N3O3. The van der Waals surface area contributed by atoms with Crippen LogP contribution in [0.4, 0.5) is 11.4 Å². The number of methoxy groups -OCH3 is 1. The van der Waals surface area contributed by atoms with Gasteiger partial charge in [0.15, 0.2) is 0 Å². The zero-order valence-electron chi connectivity index (χ0n) is 10.8. The number of amides is 2. The van der Waals surface area contributed by atoms with Crippen molar-refractivity contribution in [1.29, 1.82) is 0 Å². The van der Waals surface area contributed by atoms with E-state index in [0.29, 0.717) is 17.1 Å². The smallest absolute Gasteiger partial charge is 0.314 e. The van der Waals surface area contributed by atoms with Crippen LogP contribution in [0.2, 0.25) is 0 Å². The number of ether oxygens (including phenoxy) is 1. The third-order valence-electron chi connectivity index (χ3n) is 2.48. The molecule has 0 saturated carbocycles. The molecule has 0 unspecified atom stereocenters. The molecule has 0 aliphatic rings. The summed E-state index contributed by atoms with van der Waals surface area (Å²) < 4.78 is 5.09. The average molecular weight is 271 g/mol. The molecule has 20 heavy (non-hydrogen) atoms. The maximum Gasteiger partial charge on any atom is 0.314 e. The Morgan fingerprint density at radius 3 is 2.50 bits per heavy atom. The van der Waals surface area contributed by atoms with E-state index in [4.69, 9.17) is 4.74 Å². The molecule has 0 saturated heterocycles. The van der Waals surface area contributed by atoms with E-state index in [1.807, 2.05) is 0 Å². The lowest BCUT2D eigenvalue weighted by Gasteiger charge is -2.09. The van der Waals surface area contributed by atoms with Crippen molar-refractivity contribution in [2.45, 2.75) is 0 Å². The van der Waals surface area contributed by atoms with Gasteiger partial charge < -0.3 is 15.4 Å². The lowest BCUT2D eigenvalue weighted by molar-refractivity contribution is -0.133. The molecule has 6 nitrogen and oxygen atoms in total. The second-order valence-electron chi connectivity index (χ2n) is 3.85. The lowest BCUT2D eigenvalue weighted by Crippen LogP contribution is -2.29. The highest BCUT2D eigenvalue weighted by Crippen LogP contribution is 2.22. The minimum Gasteiger partial charge on any atom is -0.495 e. The lowest BCUT2D eigenvalue weighted by atomic mass is 10.3. The first-order chi connectivity index (χ1) is 9.70. The highest BCUT2D eigenvalue weighted by atomic mass is 16.5. The number of benzene rings is 1. The van der Waals surface area contributed by atoms with E-state index in [1.165, 1.54) is 13.3 Å². The summed E-state index contributed by atoms with van der Waals surface area (Å²) >= 11 is 0. The van der Waals surface area contributed by atoms with E-state index in [2.05, 4.69) is 15.6 Å². The Kier molecular flexibility index (Phi) is 4.28. The van der Waals surface area contributed by atoms with E-state index >= 15 is 0 Å². The van der Waals surface area contributed by atoms with Gasteiger partial charge in [0.2, 0.25) is 0 Å². The van der Waals surface area contributed by atoms with Crippen LogP contribution in [0, 0.1) is 0 Å². The van der Waals surface area contributed by atoms with Crippen molar-refractivity contribution >= 4 is 23.2 Å². The van der Waals surface area contributed by atoms with Gasteiger partial charge in [0.1, 0.15) is 5.75 Å². The first kappa shape index (κ1) is 13.5. The molecule has 0 spiro atoms. The summed E-state index contributed by atoms with van der Waals surface area (Å²) in [5, 5.41) is 4.93. The van der Waals surface area contributed by atoms with E-state index in [-0.39, 0.29) is 0 Å². The summed E-state index contributed by atoms with van der Waals surface area (Å²) in [7, 11) is 1.49. The molecule has 0 aliphatic heterocycles. The summed E-state index contributed by atoms with van der Waals surface area (Å²) in [5.41, 5.74) is 0.883. The fourth-order valence-corrected chi connectivity index (χ4v) is 1.55. The van der Waals surface area contributed by atoms with Crippen molar-refractivity contribution in [2.24, 2.45) is 0 Å². The average Bonchev–Trinajstić information content (AvgIpc) is 2.48. The number of hydrogen-bond acceptors (Lipinski definition) is 4. The maximum absolute atomic E-state index is 11.8. The molecular weight excluding hydrogens is 258 g/mol. The van der Waals surface area contributed by atoms with Crippen LogP contribution in [0.25, 0.3) is 0 Å². The second-order valence-corrected chi connectivity index (χ2v) is 3.85. The standard InChI is InChI=1S/C14H13N3O3/c1-20-12-7-3-2-6-11(12)17-14(19)13(18)16-10-5-4-8-15-9-10/h2-9H,1H3,(H,16,18)(H,17,19). The molecule has 0 radical (unpaired) electrons. The van der Waals surface area contributed by atoms with Gasteiger partial charge in [0, 0.05) is 6.20 Å². The van der Waals surface area contributed by atoms with E-state index < -0.39 is 11.8 Å². The predicted molar refractivity (Wildman–Crippen MR) is 74.5 cm³/mol. The number of para-hydroxylation sites is 2. The first-order valence-electron chi connectivity index (χ1n) is 5.86. The van der Waals surface area contributed by atoms with Gasteiger partial charge in [-0.15, -0.1) is 0 Å². The number of anilines is 2. The van der Waals surface area contributed by atoms with Crippen molar-refractivity contribution < 1.29 is 14.3 Å². The molecule has 6 heteroatoms. The highest BCUT2D eigenvalue weighted by molar-refractivity contribution is 6.43. The van der Waals surface area contributed by atoms with E-state index in [0.717, 1.165) is 0 Å². The third-order valence-corrected chi connectivity index (χ3v) is 2.48. The molecule has 0 atom stereocenters. The topological polar surface area (TPSA) is 80.3 Å². The summed E-state index contributed by atoms with van der Waals surface area (Å²) in [6.07, 6.45) is 3.03. The molecule has 102 valence electrons. The summed E-state index contributed by atoms with van der Waals surface area (Å²) in [4.78, 5) is 27.4. The molecule has 2 N–H and O–H groups in total. The number of carbonyl (C=O) groups is 2. The van der Waals surface area contributed by atoms with Crippen LogP contribution in [0.15, 0.2) is 48.8 Å². The van der Waals surface area contributed by atoms with Gasteiger partial charge in [-0.3, -0.25) is 14.6 Å². The zero-order chi connectivity index (χ0) is 14.4. The predicted octanol–water partition coefficient (Wildman–Crippen LogP) is 1.67. The van der Waals surface area contributed by atoms with Gasteiger partial charge in [-0.2, -0.15) is 0 Å². The summed E-state index contributed by atoms with van der Waals surface area (Å²) in [6.45, 7) is 0. The van der Waals surface area contributed by atoms with Crippen molar-refractivity contribution in [1.82, 2.24) is 4.98 Å². The maximum atomic E-state index is 11.8. The SMILES string of the molecule is COc1ccccc1NC(=O)C(=O)Nc1cccnc1. The van der Waals surface area contributed by atoms with Crippen molar-refractivity contribution in [3.8, 4) is 5.75 Å². The van der Waals surface area contributed by atoms with Crippen LogP contribution >= 0.6 is 0 Å². The molecule has 1 aromatic heterocycles. The van der Waals surface area contributed by atoms with Gasteiger partial charge in [-0.25, -0.2) is 0 Å². The second kappa shape index (κ2) is 6.33. The fraction of sp³-hybridized carbons (Fsp3) is 0.0714. The van der Waals surface area contributed by atoms with Gasteiger partial charge >= 0.3 is 11.8 Å². The Labute approximate surface area is 115 Å². The number of nitrogens with one attached hydrogen (secondary N) is 2. The minimum absolute atomic E-state index is 0.432.